The van der Waals surface area contributed by atoms with Crippen molar-refractivity contribution in [1.29, 1.82) is 0 Å². The number of carboxylic acids is 1. The Balaban J connectivity index is 2.81. The van der Waals surface area contributed by atoms with E-state index < -0.39 is 5.97 Å². The zero-order valence-electron chi connectivity index (χ0n) is 9.02. The number of hydrogen-bond acceptors (Lipinski definition) is 7. The number of nitrogens with zero attached hydrogens (tertiary/aromatic N) is 3. The Morgan fingerprint density at radius 1 is 1.31 bits per heavy atom. The number of carbonyl (C=O) groups is 1. The van der Waals surface area contributed by atoms with Crippen LogP contribution in [0.2, 0.25) is 0 Å². The molecule has 0 spiro atoms. The fourth-order valence-electron chi connectivity index (χ4n) is 0.919. The first-order valence-corrected chi connectivity index (χ1v) is 5.87. The van der Waals surface area contributed by atoms with Gasteiger partial charge in [0.1, 0.15) is 6.54 Å². The van der Waals surface area contributed by atoms with E-state index in [0.717, 1.165) is 0 Å². The molecule has 0 unspecified atom stereocenters. The molecule has 3 N–H and O–H groups in total. The van der Waals surface area contributed by atoms with Gasteiger partial charge in [-0.15, -0.1) is 0 Å². The average Bonchev–Trinajstić information content (AvgIpc) is 2.26. The number of anilines is 2. The molecule has 1 aromatic rings. The summed E-state index contributed by atoms with van der Waals surface area (Å²) in [6.07, 6.45) is 1.84. The van der Waals surface area contributed by atoms with Crippen molar-refractivity contribution in [2.75, 3.05) is 30.0 Å². The van der Waals surface area contributed by atoms with Gasteiger partial charge in [-0.05, 0) is 13.2 Å². The van der Waals surface area contributed by atoms with E-state index in [4.69, 9.17) is 5.11 Å². The molecule has 0 atom stereocenters. The number of thioether (sulfide) groups is 1. The molecule has 0 aliphatic carbocycles. The molecule has 8 heteroatoms. The van der Waals surface area contributed by atoms with Crippen LogP contribution in [-0.2, 0) is 4.79 Å². The lowest BCUT2D eigenvalue weighted by atomic mass is 10.6. The first-order valence-electron chi connectivity index (χ1n) is 4.65. The van der Waals surface area contributed by atoms with Crippen molar-refractivity contribution in [1.82, 2.24) is 15.0 Å². The average molecular weight is 243 g/mol. The monoisotopic (exact) mass is 243 g/mol. The minimum Gasteiger partial charge on any atom is -0.480 e. The molecule has 0 aliphatic rings. The second-order valence-corrected chi connectivity index (χ2v) is 3.52. The predicted molar refractivity (Wildman–Crippen MR) is 61.9 cm³/mol. The van der Waals surface area contributed by atoms with Gasteiger partial charge < -0.3 is 15.7 Å². The number of rotatable bonds is 6. The van der Waals surface area contributed by atoms with Gasteiger partial charge in [-0.1, -0.05) is 11.8 Å². The largest absolute Gasteiger partial charge is 0.480 e. The third-order valence-electron chi connectivity index (χ3n) is 1.53. The fraction of sp³-hybridized carbons (Fsp3) is 0.500. The number of aromatic nitrogens is 3. The maximum atomic E-state index is 10.4. The van der Waals surface area contributed by atoms with Crippen molar-refractivity contribution in [2.24, 2.45) is 0 Å². The van der Waals surface area contributed by atoms with Gasteiger partial charge in [0, 0.05) is 6.54 Å². The van der Waals surface area contributed by atoms with Crippen molar-refractivity contribution in [2.45, 2.75) is 12.1 Å². The third kappa shape index (κ3) is 3.89. The Bertz CT molecular complexity index is 373. The number of carboxylic acid groups (broad SMARTS) is 1. The van der Waals surface area contributed by atoms with Crippen LogP contribution in [0, 0.1) is 0 Å². The van der Waals surface area contributed by atoms with Gasteiger partial charge in [0.15, 0.2) is 5.16 Å². The summed E-state index contributed by atoms with van der Waals surface area (Å²) in [6, 6.07) is 0. The summed E-state index contributed by atoms with van der Waals surface area (Å²) in [7, 11) is 0. The number of aliphatic carboxylic acids is 1. The van der Waals surface area contributed by atoms with Crippen LogP contribution in [0.3, 0.4) is 0 Å². The zero-order valence-corrected chi connectivity index (χ0v) is 9.84. The van der Waals surface area contributed by atoms with Gasteiger partial charge >= 0.3 is 5.97 Å². The molecule has 0 aromatic carbocycles. The van der Waals surface area contributed by atoms with Gasteiger partial charge in [-0.3, -0.25) is 4.79 Å². The predicted octanol–water partition coefficient (Wildman–Crippen LogP) is 0.522. The summed E-state index contributed by atoms with van der Waals surface area (Å²) in [5, 5.41) is 14.6. The second kappa shape index (κ2) is 6.11. The molecule has 0 fully saturated rings. The summed E-state index contributed by atoms with van der Waals surface area (Å²) in [5.74, 6) is -0.261. The maximum Gasteiger partial charge on any atom is 0.322 e. The molecule has 16 heavy (non-hydrogen) atoms. The van der Waals surface area contributed by atoms with E-state index >= 15 is 0 Å². The molecule has 7 nitrogen and oxygen atoms in total. The molecule has 0 saturated carbocycles. The summed E-state index contributed by atoms with van der Waals surface area (Å²) in [6.45, 7) is 2.40. The first-order chi connectivity index (χ1) is 7.65. The van der Waals surface area contributed by atoms with E-state index in [1.807, 2.05) is 13.2 Å². The quantitative estimate of drug-likeness (QED) is 0.622. The van der Waals surface area contributed by atoms with E-state index in [9.17, 15) is 4.79 Å². The van der Waals surface area contributed by atoms with Crippen LogP contribution >= 0.6 is 11.8 Å². The molecule has 0 amide bonds. The van der Waals surface area contributed by atoms with Gasteiger partial charge in [-0.2, -0.15) is 15.0 Å². The Hall–Kier alpha value is -1.57. The number of nitrogens with one attached hydrogen (secondary N) is 2. The number of hydrogen-bond donors (Lipinski definition) is 3. The molecule has 0 saturated heterocycles. The van der Waals surface area contributed by atoms with Gasteiger partial charge in [0.25, 0.3) is 0 Å². The molecule has 0 radical (unpaired) electrons. The van der Waals surface area contributed by atoms with E-state index in [2.05, 4.69) is 25.6 Å². The molecule has 88 valence electrons. The van der Waals surface area contributed by atoms with Crippen LogP contribution in [0.4, 0.5) is 11.9 Å². The van der Waals surface area contributed by atoms with Gasteiger partial charge in [-0.25, -0.2) is 0 Å². The minimum absolute atomic E-state index is 0.219. The van der Waals surface area contributed by atoms with Gasteiger partial charge in [0.05, 0.1) is 0 Å². The van der Waals surface area contributed by atoms with Crippen molar-refractivity contribution in [3.8, 4) is 0 Å². The highest BCUT2D eigenvalue weighted by Gasteiger charge is 2.06. The lowest BCUT2D eigenvalue weighted by Gasteiger charge is -2.06. The molecule has 0 bridgehead atoms. The minimum atomic E-state index is -0.962. The van der Waals surface area contributed by atoms with Crippen molar-refractivity contribution in [3.05, 3.63) is 0 Å². The maximum absolute atomic E-state index is 10.4. The Labute approximate surface area is 97.1 Å². The standard InChI is InChI=1S/C8H13N5O2S/c1-3-9-6-11-7(10-4-5(14)15)13-8(12-6)16-2/h3-4H2,1-2H3,(H,14,15)(H2,9,10,11,12,13). The lowest BCUT2D eigenvalue weighted by molar-refractivity contribution is -0.134. The highest BCUT2D eigenvalue weighted by atomic mass is 32.2. The Morgan fingerprint density at radius 3 is 2.44 bits per heavy atom. The SMILES string of the molecule is CCNc1nc(NCC(=O)O)nc(SC)n1. The molecule has 0 aliphatic heterocycles. The molecule has 1 rings (SSSR count). The Kier molecular flexibility index (Phi) is 4.77. The summed E-state index contributed by atoms with van der Waals surface area (Å²) < 4.78 is 0. The fourth-order valence-corrected chi connectivity index (χ4v) is 1.27. The van der Waals surface area contributed by atoms with Crippen molar-refractivity contribution >= 4 is 29.6 Å². The van der Waals surface area contributed by atoms with E-state index in [1.165, 1.54) is 11.8 Å². The van der Waals surface area contributed by atoms with Crippen molar-refractivity contribution < 1.29 is 9.90 Å². The van der Waals surface area contributed by atoms with Crippen LogP contribution in [-0.4, -0.2) is 45.4 Å². The highest BCUT2D eigenvalue weighted by molar-refractivity contribution is 7.98. The summed E-state index contributed by atoms with van der Waals surface area (Å²) in [5.41, 5.74) is 0. The van der Waals surface area contributed by atoms with E-state index in [-0.39, 0.29) is 12.5 Å². The molecular formula is C8H13N5O2S. The van der Waals surface area contributed by atoms with Crippen LogP contribution in [0.15, 0.2) is 5.16 Å². The molecule has 1 heterocycles. The van der Waals surface area contributed by atoms with Crippen molar-refractivity contribution in [3.63, 3.8) is 0 Å². The second-order valence-electron chi connectivity index (χ2n) is 2.75. The van der Waals surface area contributed by atoms with Crippen LogP contribution in [0.25, 0.3) is 0 Å². The van der Waals surface area contributed by atoms with Crippen LogP contribution in [0.1, 0.15) is 6.92 Å². The highest BCUT2D eigenvalue weighted by Crippen LogP contribution is 2.13. The topological polar surface area (TPSA) is 100 Å². The smallest absolute Gasteiger partial charge is 0.322 e. The zero-order chi connectivity index (χ0) is 12.0. The summed E-state index contributed by atoms with van der Waals surface area (Å²) >= 11 is 1.37. The third-order valence-corrected chi connectivity index (χ3v) is 2.08. The lowest BCUT2D eigenvalue weighted by Crippen LogP contribution is -2.16. The molecule has 1 aromatic heterocycles. The van der Waals surface area contributed by atoms with Gasteiger partial charge in [0.2, 0.25) is 11.9 Å². The summed E-state index contributed by atoms with van der Waals surface area (Å²) in [4.78, 5) is 22.5. The first kappa shape index (κ1) is 12.5. The van der Waals surface area contributed by atoms with Crippen LogP contribution in [0.5, 0.6) is 0 Å². The van der Waals surface area contributed by atoms with E-state index in [0.29, 0.717) is 17.6 Å². The normalized spacial score (nSPS) is 9.88. The van der Waals surface area contributed by atoms with E-state index in [1.54, 1.807) is 0 Å². The Morgan fingerprint density at radius 2 is 1.94 bits per heavy atom. The molecular weight excluding hydrogens is 230 g/mol. The van der Waals surface area contributed by atoms with Crippen LogP contribution < -0.4 is 10.6 Å².